The van der Waals surface area contributed by atoms with E-state index in [-0.39, 0.29) is 24.3 Å². The lowest BCUT2D eigenvalue weighted by Crippen LogP contribution is -2.31. The van der Waals surface area contributed by atoms with E-state index in [1.54, 1.807) is 25.1 Å². The van der Waals surface area contributed by atoms with Crippen molar-refractivity contribution in [1.82, 2.24) is 5.32 Å². The second kappa shape index (κ2) is 8.27. The van der Waals surface area contributed by atoms with Crippen LogP contribution in [0.5, 0.6) is 5.75 Å². The second-order valence-corrected chi connectivity index (χ2v) is 6.62. The number of amides is 1. The predicted octanol–water partition coefficient (Wildman–Crippen LogP) is 4.94. The number of ketones is 1. The number of para-hydroxylation sites is 1. The van der Waals surface area contributed by atoms with Gasteiger partial charge in [-0.05, 0) is 37.3 Å². The van der Waals surface area contributed by atoms with Gasteiger partial charge in [-0.15, -0.1) is 0 Å². The van der Waals surface area contributed by atoms with Gasteiger partial charge in [0.25, 0.3) is 5.91 Å². The van der Waals surface area contributed by atoms with Crippen molar-refractivity contribution >= 4 is 34.3 Å². The van der Waals surface area contributed by atoms with E-state index >= 15 is 0 Å². The van der Waals surface area contributed by atoms with Crippen LogP contribution < -0.4 is 10.1 Å². The fourth-order valence-electron chi connectivity index (χ4n) is 2.75. The van der Waals surface area contributed by atoms with Gasteiger partial charge in [0.2, 0.25) is 0 Å². The smallest absolute Gasteiger partial charge is 0.258 e. The summed E-state index contributed by atoms with van der Waals surface area (Å²) >= 11 is 5.95. The normalized spacial score (nSPS) is 12.0. The van der Waals surface area contributed by atoms with E-state index in [0.717, 1.165) is 11.0 Å². The standard InChI is InChI=1S/C21H20ClNO4/c1-3-17(24)16-11-15(22)8-9-19(16)26-12-21(25)23-13(2)20-10-14-6-4-5-7-18(14)27-20/h4-11,13H,3,12H2,1-2H3,(H,23,25)/t13-/m0/s1. The maximum absolute atomic E-state index is 12.2. The van der Waals surface area contributed by atoms with Crippen molar-refractivity contribution in [2.24, 2.45) is 0 Å². The minimum Gasteiger partial charge on any atom is -0.483 e. The van der Waals surface area contributed by atoms with E-state index in [1.165, 1.54) is 0 Å². The van der Waals surface area contributed by atoms with Crippen LogP contribution in [0.3, 0.4) is 0 Å². The molecule has 1 heterocycles. The molecule has 0 saturated carbocycles. The van der Waals surface area contributed by atoms with Crippen molar-refractivity contribution < 1.29 is 18.7 Å². The minimum atomic E-state index is -0.312. The molecule has 27 heavy (non-hydrogen) atoms. The Morgan fingerprint density at radius 2 is 1.96 bits per heavy atom. The topological polar surface area (TPSA) is 68.5 Å². The Morgan fingerprint density at radius 1 is 1.19 bits per heavy atom. The van der Waals surface area contributed by atoms with Crippen LogP contribution in [0.1, 0.15) is 42.4 Å². The first-order valence-corrected chi connectivity index (χ1v) is 9.09. The first-order valence-electron chi connectivity index (χ1n) is 8.71. The Bertz CT molecular complexity index is 946. The number of hydrogen-bond donors (Lipinski definition) is 1. The van der Waals surface area contributed by atoms with Crippen LogP contribution >= 0.6 is 11.6 Å². The molecule has 1 N–H and O–H groups in total. The molecule has 5 nitrogen and oxygen atoms in total. The average molecular weight is 386 g/mol. The molecule has 0 radical (unpaired) electrons. The van der Waals surface area contributed by atoms with Crippen molar-refractivity contribution in [2.45, 2.75) is 26.3 Å². The molecule has 0 aliphatic heterocycles. The van der Waals surface area contributed by atoms with E-state index in [9.17, 15) is 9.59 Å². The molecule has 0 fully saturated rings. The first-order chi connectivity index (χ1) is 13.0. The highest BCUT2D eigenvalue weighted by molar-refractivity contribution is 6.31. The SMILES string of the molecule is CCC(=O)c1cc(Cl)ccc1OCC(=O)N[C@@H](C)c1cc2ccccc2o1. The van der Waals surface area contributed by atoms with Gasteiger partial charge in [-0.1, -0.05) is 36.7 Å². The summed E-state index contributed by atoms with van der Waals surface area (Å²) in [5.74, 6) is 0.604. The zero-order valence-corrected chi connectivity index (χ0v) is 15.9. The number of halogens is 1. The number of ether oxygens (including phenoxy) is 1. The highest BCUT2D eigenvalue weighted by atomic mass is 35.5. The molecular formula is C21H20ClNO4. The Labute approximate surface area is 162 Å². The number of nitrogens with one attached hydrogen (secondary N) is 1. The van der Waals surface area contributed by atoms with E-state index in [2.05, 4.69) is 5.32 Å². The molecule has 6 heteroatoms. The summed E-state index contributed by atoms with van der Waals surface area (Å²) in [4.78, 5) is 24.3. The van der Waals surface area contributed by atoms with Crippen LogP contribution in [-0.4, -0.2) is 18.3 Å². The fourth-order valence-corrected chi connectivity index (χ4v) is 2.92. The number of benzene rings is 2. The van der Waals surface area contributed by atoms with Gasteiger partial charge in [-0.3, -0.25) is 9.59 Å². The lowest BCUT2D eigenvalue weighted by Gasteiger charge is -2.13. The maximum atomic E-state index is 12.2. The van der Waals surface area contributed by atoms with Crippen LogP contribution in [0.25, 0.3) is 11.0 Å². The van der Waals surface area contributed by atoms with Gasteiger partial charge >= 0.3 is 0 Å². The molecule has 1 amide bonds. The van der Waals surface area contributed by atoms with Crippen LogP contribution in [-0.2, 0) is 4.79 Å². The highest BCUT2D eigenvalue weighted by Gasteiger charge is 2.16. The largest absolute Gasteiger partial charge is 0.483 e. The zero-order chi connectivity index (χ0) is 19.4. The number of carbonyl (C=O) groups excluding carboxylic acids is 2. The van der Waals surface area contributed by atoms with Gasteiger partial charge in [-0.2, -0.15) is 0 Å². The van der Waals surface area contributed by atoms with Gasteiger partial charge in [0.15, 0.2) is 12.4 Å². The molecule has 3 rings (SSSR count). The summed E-state index contributed by atoms with van der Waals surface area (Å²) in [6.45, 7) is 3.38. The lowest BCUT2D eigenvalue weighted by molar-refractivity contribution is -0.123. The van der Waals surface area contributed by atoms with Gasteiger partial charge in [0.1, 0.15) is 17.1 Å². The number of Topliss-reactive ketones (excluding diaryl/α,β-unsaturated/α-hetero) is 1. The summed E-state index contributed by atoms with van der Waals surface area (Å²) in [7, 11) is 0. The summed E-state index contributed by atoms with van der Waals surface area (Å²) in [5.41, 5.74) is 1.15. The number of fused-ring (bicyclic) bond motifs is 1. The summed E-state index contributed by atoms with van der Waals surface area (Å²) in [6, 6.07) is 14.0. The molecule has 3 aromatic rings. The predicted molar refractivity (Wildman–Crippen MR) is 104 cm³/mol. The van der Waals surface area contributed by atoms with E-state index in [1.807, 2.05) is 37.3 Å². The lowest BCUT2D eigenvalue weighted by atomic mass is 10.1. The quantitative estimate of drug-likeness (QED) is 0.585. The molecule has 140 valence electrons. The van der Waals surface area contributed by atoms with Crippen LogP contribution in [0.2, 0.25) is 5.02 Å². The van der Waals surface area contributed by atoms with Crippen molar-refractivity contribution in [2.75, 3.05) is 6.61 Å². The summed E-state index contributed by atoms with van der Waals surface area (Å²) < 4.78 is 11.3. The van der Waals surface area contributed by atoms with Gasteiger partial charge in [0, 0.05) is 16.8 Å². The van der Waals surface area contributed by atoms with E-state index in [0.29, 0.717) is 28.5 Å². The van der Waals surface area contributed by atoms with Crippen LogP contribution in [0, 0.1) is 0 Å². The summed E-state index contributed by atoms with van der Waals surface area (Å²) in [5, 5.41) is 4.26. The zero-order valence-electron chi connectivity index (χ0n) is 15.1. The van der Waals surface area contributed by atoms with Crippen molar-refractivity contribution in [3.05, 3.63) is 64.9 Å². The molecule has 0 spiro atoms. The fraction of sp³-hybridized carbons (Fsp3) is 0.238. The Kier molecular flexibility index (Phi) is 5.81. The van der Waals surface area contributed by atoms with Crippen molar-refractivity contribution in [1.29, 1.82) is 0 Å². The van der Waals surface area contributed by atoms with E-state index in [4.69, 9.17) is 20.8 Å². The van der Waals surface area contributed by atoms with E-state index < -0.39 is 0 Å². The number of furan rings is 1. The molecule has 2 aromatic carbocycles. The molecular weight excluding hydrogens is 366 g/mol. The monoisotopic (exact) mass is 385 g/mol. The minimum absolute atomic E-state index is 0.0939. The average Bonchev–Trinajstić information content (AvgIpc) is 3.10. The molecule has 1 aromatic heterocycles. The maximum Gasteiger partial charge on any atom is 0.258 e. The Morgan fingerprint density at radius 3 is 2.70 bits per heavy atom. The summed E-state index contributed by atoms with van der Waals surface area (Å²) in [6.07, 6.45) is 0.325. The molecule has 0 bridgehead atoms. The van der Waals surface area contributed by atoms with Gasteiger partial charge in [0.05, 0.1) is 11.6 Å². The molecule has 1 atom stereocenters. The molecule has 0 aliphatic carbocycles. The van der Waals surface area contributed by atoms with Crippen molar-refractivity contribution in [3.8, 4) is 5.75 Å². The van der Waals surface area contributed by atoms with Crippen LogP contribution in [0.15, 0.2) is 52.9 Å². The van der Waals surface area contributed by atoms with Gasteiger partial charge in [-0.25, -0.2) is 0 Å². The van der Waals surface area contributed by atoms with Crippen molar-refractivity contribution in [3.63, 3.8) is 0 Å². The molecule has 0 saturated heterocycles. The Balaban J connectivity index is 1.63. The molecule has 0 aliphatic rings. The molecule has 0 unspecified atom stereocenters. The number of hydrogen-bond acceptors (Lipinski definition) is 4. The van der Waals surface area contributed by atoms with Gasteiger partial charge < -0.3 is 14.5 Å². The third-order valence-electron chi connectivity index (χ3n) is 4.17. The number of rotatable bonds is 7. The second-order valence-electron chi connectivity index (χ2n) is 6.18. The Hall–Kier alpha value is -2.79. The number of carbonyl (C=O) groups is 2. The third kappa shape index (κ3) is 4.49. The highest BCUT2D eigenvalue weighted by Crippen LogP contribution is 2.25. The van der Waals surface area contributed by atoms with Crippen LogP contribution in [0.4, 0.5) is 0 Å². The first kappa shape index (κ1) is 19.0. The third-order valence-corrected chi connectivity index (χ3v) is 4.41.